The van der Waals surface area contributed by atoms with Gasteiger partial charge in [-0.1, -0.05) is 0 Å². The molecule has 2 N–H and O–H groups in total. The quantitative estimate of drug-likeness (QED) is 0.811. The summed E-state index contributed by atoms with van der Waals surface area (Å²) in [5, 5.41) is 3.29. The monoisotopic (exact) mass is 288 g/mol. The molecule has 7 heteroatoms. The summed E-state index contributed by atoms with van der Waals surface area (Å²) in [4.78, 5) is 0. The third-order valence-corrected chi connectivity index (χ3v) is 4.75. The molecule has 0 radical (unpaired) electrons. The van der Waals surface area contributed by atoms with Crippen LogP contribution in [0.25, 0.3) is 0 Å². The van der Waals surface area contributed by atoms with Gasteiger partial charge in [0.05, 0.1) is 12.6 Å². The average Bonchev–Trinajstić information content (AvgIpc) is 3.05. The number of furan rings is 1. The summed E-state index contributed by atoms with van der Waals surface area (Å²) in [6.07, 6.45) is 3.51. The zero-order chi connectivity index (χ0) is 13.9. The van der Waals surface area contributed by atoms with Crippen LogP contribution in [0, 0.1) is 0 Å². The van der Waals surface area contributed by atoms with E-state index in [4.69, 9.17) is 9.15 Å². The predicted octanol–water partition coefficient (Wildman–Crippen LogP) is 0.845. The Bertz CT molecular complexity index is 512. The molecule has 0 spiro atoms. The van der Waals surface area contributed by atoms with Crippen molar-refractivity contribution in [2.75, 3.05) is 14.2 Å². The molecule has 1 aliphatic carbocycles. The van der Waals surface area contributed by atoms with Crippen molar-refractivity contribution in [2.45, 2.75) is 43.0 Å². The maximum atomic E-state index is 11.5. The first kappa shape index (κ1) is 14.5. The Kier molecular flexibility index (Phi) is 4.62. The van der Waals surface area contributed by atoms with Crippen molar-refractivity contribution in [3.63, 3.8) is 0 Å². The highest BCUT2D eigenvalue weighted by Gasteiger charge is 2.26. The Morgan fingerprint density at radius 2 is 2.21 bits per heavy atom. The summed E-state index contributed by atoms with van der Waals surface area (Å²) in [5.41, 5.74) is 0. The van der Waals surface area contributed by atoms with Gasteiger partial charge < -0.3 is 14.5 Å². The van der Waals surface area contributed by atoms with E-state index in [0.717, 1.165) is 19.3 Å². The normalized spacial score (nSPS) is 23.9. The van der Waals surface area contributed by atoms with E-state index in [-0.39, 0.29) is 11.2 Å². The van der Waals surface area contributed by atoms with Gasteiger partial charge in [-0.3, -0.25) is 0 Å². The van der Waals surface area contributed by atoms with Crippen LogP contribution in [0.4, 0.5) is 0 Å². The Balaban J connectivity index is 1.94. The Hall–Kier alpha value is -0.890. The van der Waals surface area contributed by atoms with Crippen LogP contribution in [0.3, 0.4) is 0 Å². The van der Waals surface area contributed by atoms with Gasteiger partial charge in [-0.05, 0) is 38.4 Å². The topological polar surface area (TPSA) is 80.6 Å². The zero-order valence-electron chi connectivity index (χ0n) is 11.2. The second-order valence-corrected chi connectivity index (χ2v) is 6.44. The molecular formula is C12H20N2O4S. The molecule has 0 saturated heterocycles. The maximum absolute atomic E-state index is 11.5. The van der Waals surface area contributed by atoms with Crippen LogP contribution in [0.2, 0.25) is 0 Å². The molecule has 2 unspecified atom stereocenters. The molecule has 19 heavy (non-hydrogen) atoms. The van der Waals surface area contributed by atoms with Crippen molar-refractivity contribution >= 4 is 10.0 Å². The SMILES string of the molecule is CNS(=O)(=O)c1ccc(CNC2CCCC2OC)o1. The van der Waals surface area contributed by atoms with Gasteiger partial charge in [-0.2, -0.15) is 0 Å². The smallest absolute Gasteiger partial charge is 0.273 e. The Morgan fingerprint density at radius 3 is 2.89 bits per heavy atom. The predicted molar refractivity (Wildman–Crippen MR) is 70.2 cm³/mol. The number of rotatable bonds is 6. The first-order valence-corrected chi connectivity index (χ1v) is 7.83. The van der Waals surface area contributed by atoms with E-state index in [1.807, 2.05) is 0 Å². The first-order valence-electron chi connectivity index (χ1n) is 6.35. The summed E-state index contributed by atoms with van der Waals surface area (Å²) >= 11 is 0. The molecule has 0 amide bonds. The summed E-state index contributed by atoms with van der Waals surface area (Å²) in [6, 6.07) is 3.44. The molecular weight excluding hydrogens is 268 g/mol. The fourth-order valence-electron chi connectivity index (χ4n) is 2.37. The summed E-state index contributed by atoms with van der Waals surface area (Å²) in [6.45, 7) is 0.504. The molecule has 6 nitrogen and oxygen atoms in total. The molecule has 108 valence electrons. The van der Waals surface area contributed by atoms with E-state index in [0.29, 0.717) is 18.3 Å². The van der Waals surface area contributed by atoms with Gasteiger partial charge in [0, 0.05) is 13.2 Å². The molecule has 0 aliphatic heterocycles. The molecule has 0 aromatic carbocycles. The van der Waals surface area contributed by atoms with Crippen molar-refractivity contribution in [3.8, 4) is 0 Å². The molecule has 1 heterocycles. The minimum absolute atomic E-state index is 0.0542. The second kappa shape index (κ2) is 6.04. The van der Waals surface area contributed by atoms with E-state index < -0.39 is 10.0 Å². The molecule has 1 saturated carbocycles. The lowest BCUT2D eigenvalue weighted by Crippen LogP contribution is -2.36. The van der Waals surface area contributed by atoms with Gasteiger partial charge in [0.15, 0.2) is 0 Å². The van der Waals surface area contributed by atoms with Crippen molar-refractivity contribution in [1.82, 2.24) is 10.0 Å². The lowest BCUT2D eigenvalue weighted by molar-refractivity contribution is 0.0840. The summed E-state index contributed by atoms with van der Waals surface area (Å²) in [5.74, 6) is 0.607. The van der Waals surface area contributed by atoms with Gasteiger partial charge in [0.2, 0.25) is 5.09 Å². The molecule has 1 aromatic heterocycles. The van der Waals surface area contributed by atoms with Crippen molar-refractivity contribution < 1.29 is 17.6 Å². The molecule has 1 aliphatic rings. The van der Waals surface area contributed by atoms with Crippen LogP contribution in [0.1, 0.15) is 25.0 Å². The lowest BCUT2D eigenvalue weighted by Gasteiger charge is -2.18. The number of hydrogen-bond donors (Lipinski definition) is 2. The fourth-order valence-corrected chi connectivity index (χ4v) is 3.04. The lowest BCUT2D eigenvalue weighted by atomic mass is 10.2. The first-order chi connectivity index (χ1) is 9.06. The fraction of sp³-hybridized carbons (Fsp3) is 0.667. The number of nitrogens with one attached hydrogen (secondary N) is 2. The third-order valence-electron chi connectivity index (χ3n) is 3.46. The standard InChI is InChI=1S/C12H20N2O4S/c1-13-19(15,16)12-7-6-9(18-12)8-14-10-4-3-5-11(10)17-2/h6-7,10-11,13-14H,3-5,8H2,1-2H3. The van der Waals surface area contributed by atoms with Crippen LogP contribution < -0.4 is 10.0 Å². The highest BCUT2D eigenvalue weighted by Crippen LogP contribution is 2.22. The van der Waals surface area contributed by atoms with E-state index in [9.17, 15) is 8.42 Å². The van der Waals surface area contributed by atoms with Gasteiger partial charge in [0.1, 0.15) is 5.76 Å². The van der Waals surface area contributed by atoms with Crippen molar-refractivity contribution in [2.24, 2.45) is 0 Å². The van der Waals surface area contributed by atoms with E-state index >= 15 is 0 Å². The molecule has 2 rings (SSSR count). The minimum Gasteiger partial charge on any atom is -0.447 e. The highest BCUT2D eigenvalue weighted by molar-refractivity contribution is 7.89. The van der Waals surface area contributed by atoms with Crippen LogP contribution in [0.5, 0.6) is 0 Å². The summed E-state index contributed by atoms with van der Waals surface area (Å²) < 4.78 is 36.0. The van der Waals surface area contributed by atoms with Gasteiger partial charge in [0.25, 0.3) is 10.0 Å². The largest absolute Gasteiger partial charge is 0.447 e. The van der Waals surface area contributed by atoms with Gasteiger partial charge in [-0.25, -0.2) is 13.1 Å². The van der Waals surface area contributed by atoms with E-state index in [2.05, 4.69) is 10.0 Å². The van der Waals surface area contributed by atoms with Crippen LogP contribution >= 0.6 is 0 Å². The molecule has 1 aromatic rings. The molecule has 2 atom stereocenters. The molecule has 1 fully saturated rings. The Morgan fingerprint density at radius 1 is 1.42 bits per heavy atom. The number of ether oxygens (including phenoxy) is 1. The van der Waals surface area contributed by atoms with E-state index in [1.165, 1.54) is 13.1 Å². The third kappa shape index (κ3) is 3.36. The van der Waals surface area contributed by atoms with Gasteiger partial charge in [-0.15, -0.1) is 0 Å². The van der Waals surface area contributed by atoms with Crippen LogP contribution in [-0.4, -0.2) is 34.7 Å². The average molecular weight is 288 g/mol. The van der Waals surface area contributed by atoms with E-state index in [1.54, 1.807) is 13.2 Å². The minimum atomic E-state index is -3.50. The summed E-state index contributed by atoms with van der Waals surface area (Å²) in [7, 11) is -0.423. The van der Waals surface area contributed by atoms with Gasteiger partial charge >= 0.3 is 0 Å². The maximum Gasteiger partial charge on any atom is 0.273 e. The molecule has 0 bridgehead atoms. The second-order valence-electron chi connectivity index (χ2n) is 4.62. The number of sulfonamides is 1. The van der Waals surface area contributed by atoms with Crippen LogP contribution in [0.15, 0.2) is 21.6 Å². The van der Waals surface area contributed by atoms with Crippen molar-refractivity contribution in [1.29, 1.82) is 0 Å². The number of methoxy groups -OCH3 is 1. The van der Waals surface area contributed by atoms with Crippen LogP contribution in [-0.2, 0) is 21.3 Å². The Labute approximate surface area is 113 Å². The highest BCUT2D eigenvalue weighted by atomic mass is 32.2. The number of hydrogen-bond acceptors (Lipinski definition) is 5. The van der Waals surface area contributed by atoms with Crippen molar-refractivity contribution in [3.05, 3.63) is 17.9 Å². The zero-order valence-corrected chi connectivity index (χ0v) is 12.0.